The maximum atomic E-state index is 12.1. The van der Waals surface area contributed by atoms with Crippen LogP contribution in [0.5, 0.6) is 0 Å². The van der Waals surface area contributed by atoms with Crippen molar-refractivity contribution in [1.82, 2.24) is 4.98 Å². The number of carbonyl (C=O) groups excluding carboxylic acids is 1. The Morgan fingerprint density at radius 2 is 2.05 bits per heavy atom. The minimum Gasteiger partial charge on any atom is -0.462 e. The molecule has 0 aliphatic rings. The number of esters is 1. The molecule has 0 spiro atoms. The summed E-state index contributed by atoms with van der Waals surface area (Å²) in [6.07, 6.45) is 0. The van der Waals surface area contributed by atoms with Crippen LogP contribution in [0.1, 0.15) is 43.7 Å². The average molecular weight is 289 g/mol. The van der Waals surface area contributed by atoms with Gasteiger partial charge in [0.05, 0.1) is 28.4 Å². The smallest absolute Gasteiger partial charge is 0.340 e. The van der Waals surface area contributed by atoms with Crippen LogP contribution in [0.3, 0.4) is 0 Å². The molecule has 0 aliphatic carbocycles. The van der Waals surface area contributed by atoms with Crippen LogP contribution in [-0.4, -0.2) is 17.6 Å². The molecule has 20 heavy (non-hydrogen) atoms. The zero-order valence-electron chi connectivity index (χ0n) is 12.3. The number of ether oxygens (including phenoxy) is 1. The molecule has 106 valence electrons. The van der Waals surface area contributed by atoms with E-state index < -0.39 is 0 Å². The first-order valence-corrected chi connectivity index (χ1v) is 7.54. The average Bonchev–Trinajstić information content (AvgIpc) is 2.91. The number of pyridine rings is 1. The van der Waals surface area contributed by atoms with Crippen LogP contribution in [0.4, 0.5) is 0 Å². The number of hydrogen-bond acceptors (Lipinski definition) is 4. The van der Waals surface area contributed by atoms with E-state index in [2.05, 4.69) is 20.8 Å². The molecule has 0 aliphatic heterocycles. The Labute approximate surface area is 123 Å². The predicted molar refractivity (Wildman–Crippen MR) is 82.2 cm³/mol. The second-order valence-electron chi connectivity index (χ2n) is 5.54. The maximum Gasteiger partial charge on any atom is 0.340 e. The lowest BCUT2D eigenvalue weighted by molar-refractivity contribution is 0.0523. The number of carbonyl (C=O) groups is 1. The van der Waals surface area contributed by atoms with Gasteiger partial charge < -0.3 is 4.74 Å². The van der Waals surface area contributed by atoms with Crippen molar-refractivity contribution in [3.63, 3.8) is 0 Å². The zero-order valence-corrected chi connectivity index (χ0v) is 13.1. The summed E-state index contributed by atoms with van der Waals surface area (Å²) in [4.78, 5) is 17.9. The van der Waals surface area contributed by atoms with E-state index in [0.29, 0.717) is 12.2 Å². The third-order valence-corrected chi connectivity index (χ3v) is 3.77. The van der Waals surface area contributed by atoms with Gasteiger partial charge in [-0.3, -0.25) is 4.98 Å². The Bertz CT molecular complexity index is 597. The Hall–Kier alpha value is -1.68. The fourth-order valence-electron chi connectivity index (χ4n) is 1.97. The van der Waals surface area contributed by atoms with Gasteiger partial charge in [-0.25, -0.2) is 4.79 Å². The fraction of sp³-hybridized carbons (Fsp3) is 0.375. The first-order valence-electron chi connectivity index (χ1n) is 6.66. The van der Waals surface area contributed by atoms with Crippen LogP contribution >= 0.6 is 11.3 Å². The highest BCUT2D eigenvalue weighted by Gasteiger charge is 2.25. The molecule has 0 aromatic carbocycles. The van der Waals surface area contributed by atoms with Crippen molar-refractivity contribution in [2.24, 2.45) is 0 Å². The molecule has 4 heteroatoms. The molecule has 0 saturated carbocycles. The molecule has 2 rings (SSSR count). The summed E-state index contributed by atoms with van der Waals surface area (Å²) in [5.41, 5.74) is 2.02. The van der Waals surface area contributed by atoms with Crippen molar-refractivity contribution in [2.75, 3.05) is 6.61 Å². The van der Waals surface area contributed by atoms with Crippen molar-refractivity contribution in [2.45, 2.75) is 33.1 Å². The molecule has 0 bridgehead atoms. The summed E-state index contributed by atoms with van der Waals surface area (Å²) in [5.74, 6) is -0.303. The Morgan fingerprint density at radius 3 is 2.60 bits per heavy atom. The predicted octanol–water partition coefficient (Wildman–Crippen LogP) is 4.28. The van der Waals surface area contributed by atoms with Gasteiger partial charge in [0.25, 0.3) is 0 Å². The highest BCUT2D eigenvalue weighted by atomic mass is 32.1. The second kappa shape index (κ2) is 5.75. The van der Waals surface area contributed by atoms with Gasteiger partial charge in [0.1, 0.15) is 0 Å². The van der Waals surface area contributed by atoms with Gasteiger partial charge in [0.2, 0.25) is 0 Å². The SMILES string of the molecule is CCOC(=O)c1ccc(-c2cccs2)nc1C(C)(C)C. The fourth-order valence-corrected chi connectivity index (χ4v) is 2.66. The van der Waals surface area contributed by atoms with Crippen LogP contribution < -0.4 is 0 Å². The molecule has 0 fully saturated rings. The molecule has 2 aromatic heterocycles. The molecular weight excluding hydrogens is 270 g/mol. The van der Waals surface area contributed by atoms with Crippen molar-refractivity contribution in [3.05, 3.63) is 40.9 Å². The zero-order chi connectivity index (χ0) is 14.8. The molecule has 3 nitrogen and oxygen atoms in total. The largest absolute Gasteiger partial charge is 0.462 e. The van der Waals surface area contributed by atoms with Gasteiger partial charge in [-0.1, -0.05) is 26.8 Å². The lowest BCUT2D eigenvalue weighted by Gasteiger charge is -2.21. The maximum absolute atomic E-state index is 12.1. The number of thiophene rings is 1. The van der Waals surface area contributed by atoms with E-state index in [-0.39, 0.29) is 11.4 Å². The minimum atomic E-state index is -0.303. The van der Waals surface area contributed by atoms with Crippen LogP contribution in [0, 0.1) is 0 Å². The molecule has 0 amide bonds. The topological polar surface area (TPSA) is 39.2 Å². The third kappa shape index (κ3) is 3.07. The van der Waals surface area contributed by atoms with Crippen molar-refractivity contribution in [1.29, 1.82) is 0 Å². The second-order valence-corrected chi connectivity index (χ2v) is 6.49. The number of rotatable bonds is 3. The van der Waals surface area contributed by atoms with E-state index in [1.54, 1.807) is 11.3 Å². The minimum absolute atomic E-state index is 0.213. The highest BCUT2D eigenvalue weighted by molar-refractivity contribution is 7.13. The van der Waals surface area contributed by atoms with E-state index in [1.165, 1.54) is 0 Å². The van der Waals surface area contributed by atoms with Gasteiger partial charge in [0, 0.05) is 5.41 Å². The summed E-state index contributed by atoms with van der Waals surface area (Å²) >= 11 is 1.64. The lowest BCUT2D eigenvalue weighted by Crippen LogP contribution is -2.20. The monoisotopic (exact) mass is 289 g/mol. The number of nitrogens with zero attached hydrogens (tertiary/aromatic N) is 1. The molecule has 0 radical (unpaired) electrons. The van der Waals surface area contributed by atoms with Crippen LogP contribution in [0.2, 0.25) is 0 Å². The van der Waals surface area contributed by atoms with E-state index in [1.807, 2.05) is 36.6 Å². The molecule has 0 unspecified atom stereocenters. The van der Waals surface area contributed by atoms with E-state index in [4.69, 9.17) is 9.72 Å². The van der Waals surface area contributed by atoms with Crippen molar-refractivity contribution >= 4 is 17.3 Å². The van der Waals surface area contributed by atoms with Gasteiger partial charge in [-0.05, 0) is 30.5 Å². The van der Waals surface area contributed by atoms with E-state index in [0.717, 1.165) is 16.3 Å². The Balaban J connectivity index is 2.52. The van der Waals surface area contributed by atoms with Crippen molar-refractivity contribution < 1.29 is 9.53 Å². The lowest BCUT2D eigenvalue weighted by atomic mass is 9.88. The van der Waals surface area contributed by atoms with Gasteiger partial charge in [-0.2, -0.15) is 0 Å². The van der Waals surface area contributed by atoms with Crippen LogP contribution in [0.15, 0.2) is 29.6 Å². The standard InChI is InChI=1S/C16H19NO2S/c1-5-19-15(18)11-8-9-12(13-7-6-10-20-13)17-14(11)16(2,3)4/h6-10H,5H2,1-4H3. The first-order chi connectivity index (χ1) is 9.43. The number of hydrogen-bond donors (Lipinski definition) is 0. The Morgan fingerprint density at radius 1 is 1.30 bits per heavy atom. The Kier molecular flexibility index (Phi) is 4.23. The summed E-state index contributed by atoms with van der Waals surface area (Å²) in [6.45, 7) is 8.33. The third-order valence-electron chi connectivity index (χ3n) is 2.87. The first kappa shape index (κ1) is 14.7. The molecule has 2 aromatic rings. The van der Waals surface area contributed by atoms with Crippen LogP contribution in [-0.2, 0) is 10.2 Å². The molecule has 0 N–H and O–H groups in total. The number of aromatic nitrogens is 1. The van der Waals surface area contributed by atoms with E-state index in [9.17, 15) is 4.79 Å². The normalized spacial score (nSPS) is 11.4. The summed E-state index contributed by atoms with van der Waals surface area (Å²) in [6, 6.07) is 7.73. The highest BCUT2D eigenvalue weighted by Crippen LogP contribution is 2.29. The summed E-state index contributed by atoms with van der Waals surface area (Å²) in [7, 11) is 0. The quantitative estimate of drug-likeness (QED) is 0.791. The van der Waals surface area contributed by atoms with Gasteiger partial charge in [-0.15, -0.1) is 11.3 Å². The molecular formula is C16H19NO2S. The summed E-state index contributed by atoms with van der Waals surface area (Å²) in [5, 5.41) is 2.02. The van der Waals surface area contributed by atoms with Crippen LogP contribution in [0.25, 0.3) is 10.6 Å². The van der Waals surface area contributed by atoms with Gasteiger partial charge in [0.15, 0.2) is 0 Å². The summed E-state index contributed by atoms with van der Waals surface area (Å²) < 4.78 is 5.12. The van der Waals surface area contributed by atoms with E-state index >= 15 is 0 Å². The van der Waals surface area contributed by atoms with Crippen molar-refractivity contribution in [3.8, 4) is 10.6 Å². The molecule has 0 atom stereocenters. The van der Waals surface area contributed by atoms with Gasteiger partial charge >= 0.3 is 5.97 Å². The molecule has 0 saturated heterocycles. The molecule has 2 heterocycles.